The van der Waals surface area contributed by atoms with E-state index >= 15 is 0 Å². The number of halogens is 1. The number of nitrogens with one attached hydrogen (secondary N) is 3. The number of carbonyl (C=O) groups excluding carboxylic acids is 1. The molecule has 33 heavy (non-hydrogen) atoms. The molecule has 1 amide bonds. The fourth-order valence-corrected chi connectivity index (χ4v) is 4.43. The molecule has 1 aliphatic heterocycles. The number of fused-ring (bicyclic) bond motifs is 3. The maximum atomic E-state index is 12.4. The molecule has 11 heteroatoms. The van der Waals surface area contributed by atoms with Crippen LogP contribution in [0.3, 0.4) is 0 Å². The summed E-state index contributed by atoms with van der Waals surface area (Å²) in [7, 11) is 0. The molecule has 1 aliphatic carbocycles. The summed E-state index contributed by atoms with van der Waals surface area (Å²) in [6, 6.07) is 5.80. The van der Waals surface area contributed by atoms with Crippen molar-refractivity contribution in [2.24, 2.45) is 5.92 Å². The second-order valence-electron chi connectivity index (χ2n) is 8.15. The lowest BCUT2D eigenvalue weighted by molar-refractivity contribution is -0.116. The second kappa shape index (κ2) is 8.00. The fourth-order valence-electron chi connectivity index (χ4n) is 3.97. The third-order valence-corrected chi connectivity index (χ3v) is 6.57. The van der Waals surface area contributed by atoms with Crippen molar-refractivity contribution in [3.63, 3.8) is 0 Å². The van der Waals surface area contributed by atoms with Gasteiger partial charge in [0.05, 0.1) is 17.3 Å². The Labute approximate surface area is 196 Å². The topological polar surface area (TPSA) is 114 Å². The van der Waals surface area contributed by atoms with Crippen LogP contribution in [-0.2, 0) is 11.3 Å². The minimum absolute atomic E-state index is 0.295. The van der Waals surface area contributed by atoms with Gasteiger partial charge in [0.2, 0.25) is 5.95 Å². The summed E-state index contributed by atoms with van der Waals surface area (Å²) in [6.45, 7) is 0.919. The number of amides is 1. The standard InChI is InChI=1S/C22H20BrN9O/c23-16-6-2-5-15-18(16)28-22(27-17-10-24-7-8-25-21(17)33)32-20(15)29-19(30-32)14-9-26-31(12-14)11-13-3-1-4-13/h2,5-10,12-13,24H,1,3-4,11H2,(H,25,33)(H,27,28). The van der Waals surface area contributed by atoms with Gasteiger partial charge >= 0.3 is 0 Å². The number of carbonyl (C=O) groups is 1. The molecule has 0 spiro atoms. The summed E-state index contributed by atoms with van der Waals surface area (Å²) in [4.78, 5) is 22.0. The van der Waals surface area contributed by atoms with Gasteiger partial charge in [-0.3, -0.25) is 9.48 Å². The number of hydrogen-bond donors (Lipinski definition) is 3. The van der Waals surface area contributed by atoms with E-state index in [1.165, 1.54) is 25.5 Å². The Balaban J connectivity index is 1.45. The smallest absolute Gasteiger partial charge is 0.273 e. The first-order valence-electron chi connectivity index (χ1n) is 10.7. The summed E-state index contributed by atoms with van der Waals surface area (Å²) >= 11 is 3.58. The molecule has 1 aromatic carbocycles. The zero-order valence-electron chi connectivity index (χ0n) is 17.5. The molecule has 2 aliphatic rings. The van der Waals surface area contributed by atoms with Crippen LogP contribution in [0, 0.1) is 5.92 Å². The van der Waals surface area contributed by atoms with E-state index in [2.05, 4.69) is 37.0 Å². The molecule has 6 rings (SSSR count). The maximum absolute atomic E-state index is 12.4. The molecular formula is C22H20BrN9O. The first kappa shape index (κ1) is 19.9. The van der Waals surface area contributed by atoms with Crippen molar-refractivity contribution in [1.29, 1.82) is 0 Å². The van der Waals surface area contributed by atoms with Gasteiger partial charge in [-0.25, -0.2) is 9.97 Å². The van der Waals surface area contributed by atoms with E-state index in [0.717, 1.165) is 22.0 Å². The number of aromatic nitrogens is 6. The lowest BCUT2D eigenvalue weighted by Gasteiger charge is -2.24. The third-order valence-electron chi connectivity index (χ3n) is 5.93. The molecule has 0 atom stereocenters. The van der Waals surface area contributed by atoms with Crippen LogP contribution in [0.5, 0.6) is 0 Å². The fraction of sp³-hybridized carbons (Fsp3) is 0.227. The van der Waals surface area contributed by atoms with Crippen molar-refractivity contribution >= 4 is 44.3 Å². The predicted octanol–water partition coefficient (Wildman–Crippen LogP) is 3.15. The highest BCUT2D eigenvalue weighted by molar-refractivity contribution is 9.10. The van der Waals surface area contributed by atoms with Gasteiger partial charge in [0.1, 0.15) is 5.70 Å². The zero-order chi connectivity index (χ0) is 22.4. The van der Waals surface area contributed by atoms with Gasteiger partial charge in [-0.05, 0) is 46.8 Å². The number of para-hydroxylation sites is 1. The van der Waals surface area contributed by atoms with Crippen LogP contribution >= 0.6 is 15.9 Å². The number of hydrogen-bond acceptors (Lipinski definition) is 7. The highest BCUT2D eigenvalue weighted by Gasteiger charge is 2.21. The Morgan fingerprint density at radius 2 is 2.12 bits per heavy atom. The summed E-state index contributed by atoms with van der Waals surface area (Å²) in [6.07, 6.45) is 12.3. The Hall–Kier alpha value is -3.73. The minimum atomic E-state index is -0.295. The van der Waals surface area contributed by atoms with Crippen molar-refractivity contribution in [3.8, 4) is 11.4 Å². The monoisotopic (exact) mass is 505 g/mol. The molecule has 0 saturated heterocycles. The van der Waals surface area contributed by atoms with Gasteiger partial charge in [0.15, 0.2) is 11.5 Å². The van der Waals surface area contributed by atoms with Crippen LogP contribution in [0.15, 0.2) is 59.4 Å². The largest absolute Gasteiger partial charge is 0.364 e. The van der Waals surface area contributed by atoms with Crippen LogP contribution < -0.4 is 16.0 Å². The van der Waals surface area contributed by atoms with Gasteiger partial charge in [0, 0.05) is 41.2 Å². The lowest BCUT2D eigenvalue weighted by atomic mass is 9.85. The number of benzene rings is 1. The number of anilines is 1. The molecule has 1 fully saturated rings. The molecule has 3 N–H and O–H groups in total. The zero-order valence-corrected chi connectivity index (χ0v) is 19.1. The van der Waals surface area contributed by atoms with Gasteiger partial charge in [-0.1, -0.05) is 12.5 Å². The lowest BCUT2D eigenvalue weighted by Crippen LogP contribution is -2.24. The van der Waals surface area contributed by atoms with Crippen LogP contribution in [-0.4, -0.2) is 35.3 Å². The molecule has 3 aromatic heterocycles. The Morgan fingerprint density at radius 3 is 2.97 bits per heavy atom. The van der Waals surface area contributed by atoms with E-state index < -0.39 is 0 Å². The normalized spacial score (nSPS) is 16.3. The molecule has 0 unspecified atom stereocenters. The van der Waals surface area contributed by atoms with Crippen LogP contribution in [0.1, 0.15) is 19.3 Å². The molecule has 0 bridgehead atoms. The quantitative estimate of drug-likeness (QED) is 0.381. The average Bonchev–Trinajstić information content (AvgIpc) is 3.38. The Bertz CT molecular complexity index is 1450. The second-order valence-corrected chi connectivity index (χ2v) is 9.00. The van der Waals surface area contributed by atoms with E-state index in [1.54, 1.807) is 23.1 Å². The maximum Gasteiger partial charge on any atom is 0.273 e. The van der Waals surface area contributed by atoms with E-state index in [9.17, 15) is 4.79 Å². The van der Waals surface area contributed by atoms with E-state index in [0.29, 0.717) is 34.6 Å². The van der Waals surface area contributed by atoms with Crippen LogP contribution in [0.2, 0.25) is 0 Å². The molecular weight excluding hydrogens is 486 g/mol. The van der Waals surface area contributed by atoms with Gasteiger partial charge in [-0.2, -0.15) is 9.61 Å². The van der Waals surface area contributed by atoms with Gasteiger partial charge in [-0.15, -0.1) is 5.10 Å². The van der Waals surface area contributed by atoms with Crippen molar-refractivity contribution < 1.29 is 4.79 Å². The summed E-state index contributed by atoms with van der Waals surface area (Å²) in [5, 5.41) is 18.8. The first-order valence-corrected chi connectivity index (χ1v) is 11.5. The molecule has 10 nitrogen and oxygen atoms in total. The average molecular weight is 506 g/mol. The van der Waals surface area contributed by atoms with Crippen molar-refractivity contribution in [2.45, 2.75) is 25.8 Å². The van der Waals surface area contributed by atoms with Crippen molar-refractivity contribution in [2.75, 3.05) is 5.32 Å². The van der Waals surface area contributed by atoms with E-state index in [4.69, 9.17) is 15.1 Å². The van der Waals surface area contributed by atoms with Gasteiger partial charge in [0.25, 0.3) is 5.91 Å². The first-order chi connectivity index (χ1) is 16.2. The number of rotatable bonds is 5. The summed E-state index contributed by atoms with van der Waals surface area (Å²) in [5.41, 5.74) is 2.48. The molecule has 0 radical (unpaired) electrons. The molecule has 166 valence electrons. The summed E-state index contributed by atoms with van der Waals surface area (Å²) < 4.78 is 4.42. The van der Waals surface area contributed by atoms with Crippen LogP contribution in [0.25, 0.3) is 27.9 Å². The van der Waals surface area contributed by atoms with E-state index in [-0.39, 0.29) is 5.91 Å². The van der Waals surface area contributed by atoms with Crippen molar-refractivity contribution in [3.05, 3.63) is 59.4 Å². The SMILES string of the molecule is O=C1NC=CNC=C1Nc1nc2c(Br)cccc2c2nc(-c3cnn(CC4CCC4)c3)nn12. The third kappa shape index (κ3) is 3.63. The van der Waals surface area contributed by atoms with Gasteiger partial charge < -0.3 is 16.0 Å². The Kier molecular flexibility index (Phi) is 4.83. The summed E-state index contributed by atoms with van der Waals surface area (Å²) in [5.74, 6) is 1.33. The van der Waals surface area contributed by atoms with Crippen molar-refractivity contribution in [1.82, 2.24) is 40.0 Å². The molecule has 4 heterocycles. The number of nitrogens with zero attached hydrogens (tertiary/aromatic N) is 6. The molecule has 4 aromatic rings. The Morgan fingerprint density at radius 1 is 1.21 bits per heavy atom. The van der Waals surface area contributed by atoms with E-state index in [1.807, 2.05) is 29.1 Å². The predicted molar refractivity (Wildman–Crippen MR) is 127 cm³/mol. The highest BCUT2D eigenvalue weighted by Crippen LogP contribution is 2.30. The molecule has 1 saturated carbocycles. The highest BCUT2D eigenvalue weighted by atomic mass is 79.9. The van der Waals surface area contributed by atoms with Crippen LogP contribution in [0.4, 0.5) is 5.95 Å². The minimum Gasteiger partial charge on any atom is -0.364 e.